The maximum Gasteiger partial charge on any atom is 0.332 e. The molecule has 2 atom stereocenters. The fourth-order valence-electron chi connectivity index (χ4n) is 1.98. The monoisotopic (exact) mass is 272 g/mol. The number of carboxylic acid groups (broad SMARTS) is 1. The smallest absolute Gasteiger partial charge is 0.332 e. The molecule has 1 aliphatic heterocycles. The van der Waals surface area contributed by atoms with Gasteiger partial charge in [0.2, 0.25) is 5.91 Å². The Labute approximate surface area is 111 Å². The van der Waals surface area contributed by atoms with Gasteiger partial charge in [-0.25, -0.2) is 4.79 Å². The van der Waals surface area contributed by atoms with Crippen LogP contribution in [0.3, 0.4) is 0 Å². The second kappa shape index (κ2) is 7.08. The van der Waals surface area contributed by atoms with Gasteiger partial charge in [-0.15, -0.1) is 0 Å². The number of carbonyl (C=O) groups is 3. The number of hydrogen-bond donors (Lipinski definition) is 2. The Morgan fingerprint density at radius 2 is 1.89 bits per heavy atom. The summed E-state index contributed by atoms with van der Waals surface area (Å²) in [5.41, 5.74) is 0. The van der Waals surface area contributed by atoms with Crippen LogP contribution in [0.1, 0.15) is 26.7 Å². The third-order valence-electron chi connectivity index (χ3n) is 2.97. The number of likely N-dealkylation sites (N-methyl/N-ethyl adjacent to an activating group) is 2. The highest BCUT2D eigenvalue weighted by Crippen LogP contribution is 2.21. The van der Waals surface area contributed by atoms with Crippen molar-refractivity contribution in [3.63, 3.8) is 0 Å². The second-order valence-corrected chi connectivity index (χ2v) is 4.33. The first-order valence-electron chi connectivity index (χ1n) is 6.43. The van der Waals surface area contributed by atoms with Gasteiger partial charge >= 0.3 is 5.97 Å². The summed E-state index contributed by atoms with van der Waals surface area (Å²) in [5.74, 6) is -1.61. The van der Waals surface area contributed by atoms with Crippen LogP contribution in [0.25, 0.3) is 0 Å². The normalized spacial score (nSPS) is 22.0. The maximum absolute atomic E-state index is 12.1. The van der Waals surface area contributed by atoms with Gasteiger partial charge in [0.05, 0.1) is 6.54 Å². The number of carboxylic acids is 1. The van der Waals surface area contributed by atoms with Gasteiger partial charge < -0.3 is 20.1 Å². The number of carbonyl (C=O) groups excluding carboxylic acids is 2. The molecule has 0 spiro atoms. The summed E-state index contributed by atoms with van der Waals surface area (Å²) in [4.78, 5) is 35.7. The zero-order valence-corrected chi connectivity index (χ0v) is 11.2. The molecule has 1 aliphatic rings. The number of amides is 2. The highest BCUT2D eigenvalue weighted by atomic mass is 16.5. The summed E-state index contributed by atoms with van der Waals surface area (Å²) < 4.78 is 5.19. The largest absolute Gasteiger partial charge is 0.479 e. The standard InChI is InChI=1S/C12H20N2O5/c1-3-13-10(15)7-14(4-2)11(16)8-5-6-9(19-8)12(17)18/h8-9H,3-7H2,1-2H3,(H,13,15)(H,17,18)/t8-,9+/m0/s1. The van der Waals surface area contributed by atoms with E-state index in [-0.39, 0.29) is 18.4 Å². The Hall–Kier alpha value is -1.63. The molecule has 0 radical (unpaired) electrons. The van der Waals surface area contributed by atoms with Gasteiger partial charge in [0.15, 0.2) is 6.10 Å². The number of rotatable bonds is 6. The minimum Gasteiger partial charge on any atom is -0.479 e. The fraction of sp³-hybridized carbons (Fsp3) is 0.750. The van der Waals surface area contributed by atoms with E-state index >= 15 is 0 Å². The maximum atomic E-state index is 12.1. The van der Waals surface area contributed by atoms with E-state index in [9.17, 15) is 14.4 Å². The topological polar surface area (TPSA) is 95.9 Å². The molecule has 1 rings (SSSR count). The number of nitrogens with one attached hydrogen (secondary N) is 1. The van der Waals surface area contributed by atoms with E-state index in [1.54, 1.807) is 13.8 Å². The van der Waals surface area contributed by atoms with E-state index in [2.05, 4.69) is 5.32 Å². The molecule has 1 saturated heterocycles. The predicted molar refractivity (Wildman–Crippen MR) is 66.5 cm³/mol. The van der Waals surface area contributed by atoms with Gasteiger partial charge in [0, 0.05) is 13.1 Å². The molecule has 0 aliphatic carbocycles. The third-order valence-corrected chi connectivity index (χ3v) is 2.97. The van der Waals surface area contributed by atoms with Crippen LogP contribution in [-0.4, -0.2) is 59.6 Å². The minimum absolute atomic E-state index is 0.0270. The van der Waals surface area contributed by atoms with Crippen LogP contribution in [0, 0.1) is 0 Å². The average molecular weight is 272 g/mol. The zero-order valence-electron chi connectivity index (χ0n) is 11.2. The molecule has 19 heavy (non-hydrogen) atoms. The van der Waals surface area contributed by atoms with Crippen molar-refractivity contribution in [2.45, 2.75) is 38.9 Å². The molecule has 1 fully saturated rings. The van der Waals surface area contributed by atoms with Crippen LogP contribution in [0.5, 0.6) is 0 Å². The average Bonchev–Trinajstić information content (AvgIpc) is 2.85. The Balaban J connectivity index is 2.55. The van der Waals surface area contributed by atoms with Crippen molar-refractivity contribution in [3.8, 4) is 0 Å². The summed E-state index contributed by atoms with van der Waals surface area (Å²) in [7, 11) is 0. The van der Waals surface area contributed by atoms with Crippen molar-refractivity contribution in [2.75, 3.05) is 19.6 Å². The number of hydrogen-bond acceptors (Lipinski definition) is 4. The lowest BCUT2D eigenvalue weighted by molar-refractivity contribution is -0.155. The summed E-state index contributed by atoms with van der Waals surface area (Å²) in [6.07, 6.45) is -0.973. The third kappa shape index (κ3) is 4.20. The lowest BCUT2D eigenvalue weighted by atomic mass is 10.2. The predicted octanol–water partition coefficient (Wildman–Crippen LogP) is -0.397. The van der Waals surface area contributed by atoms with Crippen LogP contribution in [0.15, 0.2) is 0 Å². The number of aliphatic carboxylic acids is 1. The zero-order chi connectivity index (χ0) is 14.4. The van der Waals surface area contributed by atoms with Crippen molar-refractivity contribution in [3.05, 3.63) is 0 Å². The fourth-order valence-corrected chi connectivity index (χ4v) is 1.98. The number of ether oxygens (including phenoxy) is 1. The van der Waals surface area contributed by atoms with E-state index < -0.39 is 18.2 Å². The Kier molecular flexibility index (Phi) is 5.75. The van der Waals surface area contributed by atoms with Crippen molar-refractivity contribution < 1.29 is 24.2 Å². The molecule has 0 aromatic heterocycles. The molecular weight excluding hydrogens is 252 g/mol. The molecule has 7 heteroatoms. The molecule has 0 aromatic carbocycles. The lowest BCUT2D eigenvalue weighted by Crippen LogP contribution is -2.45. The van der Waals surface area contributed by atoms with E-state index in [1.807, 2.05) is 0 Å². The SMILES string of the molecule is CCNC(=O)CN(CC)C(=O)[C@@H]1CC[C@H](C(=O)O)O1. The van der Waals surface area contributed by atoms with Gasteiger partial charge in [-0.1, -0.05) is 0 Å². The Morgan fingerprint density at radius 1 is 1.26 bits per heavy atom. The van der Waals surface area contributed by atoms with Gasteiger partial charge in [0.1, 0.15) is 6.10 Å². The van der Waals surface area contributed by atoms with Gasteiger partial charge in [0.25, 0.3) is 5.91 Å². The van der Waals surface area contributed by atoms with E-state index in [4.69, 9.17) is 9.84 Å². The number of nitrogens with zero attached hydrogens (tertiary/aromatic N) is 1. The van der Waals surface area contributed by atoms with Crippen LogP contribution in [0.2, 0.25) is 0 Å². The lowest BCUT2D eigenvalue weighted by Gasteiger charge is -2.23. The quantitative estimate of drug-likeness (QED) is 0.686. The van der Waals surface area contributed by atoms with Gasteiger partial charge in [-0.05, 0) is 26.7 Å². The van der Waals surface area contributed by atoms with Crippen LogP contribution >= 0.6 is 0 Å². The van der Waals surface area contributed by atoms with E-state index in [0.29, 0.717) is 25.9 Å². The van der Waals surface area contributed by atoms with Crippen molar-refractivity contribution in [1.82, 2.24) is 10.2 Å². The Morgan fingerprint density at radius 3 is 2.37 bits per heavy atom. The summed E-state index contributed by atoms with van der Waals surface area (Å²) >= 11 is 0. The summed E-state index contributed by atoms with van der Waals surface area (Å²) in [5, 5.41) is 11.4. The van der Waals surface area contributed by atoms with E-state index in [0.717, 1.165) is 0 Å². The highest BCUT2D eigenvalue weighted by Gasteiger charge is 2.36. The summed E-state index contributed by atoms with van der Waals surface area (Å²) in [6.45, 7) is 4.42. The second-order valence-electron chi connectivity index (χ2n) is 4.33. The molecule has 2 amide bonds. The molecule has 0 unspecified atom stereocenters. The van der Waals surface area contributed by atoms with E-state index in [1.165, 1.54) is 4.90 Å². The molecule has 1 heterocycles. The minimum atomic E-state index is -1.05. The van der Waals surface area contributed by atoms with Gasteiger partial charge in [-0.3, -0.25) is 9.59 Å². The van der Waals surface area contributed by atoms with Crippen molar-refractivity contribution in [2.24, 2.45) is 0 Å². The Bertz CT molecular complexity index is 358. The molecule has 2 N–H and O–H groups in total. The molecule has 0 aromatic rings. The molecule has 7 nitrogen and oxygen atoms in total. The summed E-state index contributed by atoms with van der Waals surface area (Å²) in [6, 6.07) is 0. The van der Waals surface area contributed by atoms with Crippen LogP contribution in [0.4, 0.5) is 0 Å². The van der Waals surface area contributed by atoms with Crippen LogP contribution in [-0.2, 0) is 19.1 Å². The van der Waals surface area contributed by atoms with Crippen molar-refractivity contribution >= 4 is 17.8 Å². The first kappa shape index (κ1) is 15.4. The molecule has 0 saturated carbocycles. The molecule has 0 bridgehead atoms. The van der Waals surface area contributed by atoms with Gasteiger partial charge in [-0.2, -0.15) is 0 Å². The first-order valence-corrected chi connectivity index (χ1v) is 6.43. The highest BCUT2D eigenvalue weighted by molar-refractivity contribution is 5.87. The first-order chi connectivity index (χ1) is 8.99. The molecular formula is C12H20N2O5. The molecule has 108 valence electrons. The van der Waals surface area contributed by atoms with Crippen LogP contribution < -0.4 is 5.32 Å². The van der Waals surface area contributed by atoms with Crippen molar-refractivity contribution in [1.29, 1.82) is 0 Å².